The van der Waals surface area contributed by atoms with Gasteiger partial charge in [-0.3, -0.25) is 24.3 Å². The normalized spacial score (nSPS) is 18.8. The molecule has 5 rings (SSSR count). The molecule has 1 aromatic carbocycles. The molecule has 0 spiro atoms. The highest BCUT2D eigenvalue weighted by atomic mass is 16.6. The number of aliphatic hydroxyl groups is 1. The molecule has 2 aromatic heterocycles. The van der Waals surface area contributed by atoms with Crippen LogP contribution in [0.15, 0.2) is 29.1 Å². The highest BCUT2D eigenvalue weighted by Crippen LogP contribution is 2.46. The molecule has 0 fully saturated rings. The molecule has 4 heterocycles. The first-order valence-electron chi connectivity index (χ1n) is 9.54. The Bertz CT molecular complexity index is 1410. The molecule has 0 bridgehead atoms. The Hall–Kier alpha value is -3.92. The SMILES string of the molecule is CCC1(O)C(=O)OCc2c1c([N+](=O)[O-])c1n(c2=O)Cc2c-1nc1ccccc1c2C=O. The van der Waals surface area contributed by atoms with E-state index >= 15 is 0 Å². The molecule has 0 radical (unpaired) electrons. The van der Waals surface area contributed by atoms with Crippen molar-refractivity contribution in [2.75, 3.05) is 0 Å². The number of nitro groups is 1. The number of esters is 1. The van der Waals surface area contributed by atoms with Gasteiger partial charge >= 0.3 is 11.7 Å². The minimum atomic E-state index is -2.34. The largest absolute Gasteiger partial charge is 0.458 e. The maximum absolute atomic E-state index is 13.3. The standard InChI is InChI=1S/C21H15N3O7/c1-2-21(28)15-13(9-31-20(21)27)19(26)23-7-11-12(8-25)10-5-3-4-6-14(10)22-16(11)18(23)17(15)24(29)30/h3-6,8,28H,2,7,9H2,1H3. The predicted octanol–water partition coefficient (Wildman–Crippen LogP) is 1.80. The summed E-state index contributed by atoms with van der Waals surface area (Å²) in [6.45, 7) is 0.889. The summed E-state index contributed by atoms with van der Waals surface area (Å²) in [4.78, 5) is 53.6. The molecule has 3 aromatic rings. The van der Waals surface area contributed by atoms with Crippen LogP contribution in [0.1, 0.15) is 40.4 Å². The summed E-state index contributed by atoms with van der Waals surface area (Å²) in [7, 11) is 0. The maximum Gasteiger partial charge on any atom is 0.343 e. The molecule has 1 N–H and O–H groups in total. The maximum atomic E-state index is 13.3. The third kappa shape index (κ3) is 2.30. The fourth-order valence-electron chi connectivity index (χ4n) is 4.51. The Morgan fingerprint density at radius 3 is 2.74 bits per heavy atom. The average Bonchev–Trinajstić information content (AvgIpc) is 3.14. The van der Waals surface area contributed by atoms with Crippen molar-refractivity contribution in [1.29, 1.82) is 0 Å². The van der Waals surface area contributed by atoms with Crippen molar-refractivity contribution in [3.05, 3.63) is 67.0 Å². The van der Waals surface area contributed by atoms with Crippen LogP contribution >= 0.6 is 0 Å². The number of benzene rings is 1. The van der Waals surface area contributed by atoms with Crippen LogP contribution < -0.4 is 5.56 Å². The quantitative estimate of drug-likeness (QED) is 0.228. The van der Waals surface area contributed by atoms with E-state index < -0.39 is 34.3 Å². The molecular formula is C21H15N3O7. The number of hydrogen-bond donors (Lipinski definition) is 1. The molecule has 31 heavy (non-hydrogen) atoms. The van der Waals surface area contributed by atoms with Gasteiger partial charge in [-0.05, 0) is 12.5 Å². The summed E-state index contributed by atoms with van der Waals surface area (Å²) < 4.78 is 6.14. The number of para-hydroxylation sites is 1. The molecule has 0 amide bonds. The number of aldehydes is 1. The molecule has 10 nitrogen and oxygen atoms in total. The number of carbonyl (C=O) groups excluding carboxylic acids is 2. The highest BCUT2D eigenvalue weighted by molar-refractivity contribution is 6.01. The van der Waals surface area contributed by atoms with Gasteiger partial charge in [-0.15, -0.1) is 0 Å². The van der Waals surface area contributed by atoms with Crippen LogP contribution in [0.25, 0.3) is 22.3 Å². The monoisotopic (exact) mass is 421 g/mol. The van der Waals surface area contributed by atoms with Crippen LogP contribution in [0, 0.1) is 10.1 Å². The Morgan fingerprint density at radius 2 is 2.06 bits per heavy atom. The van der Waals surface area contributed by atoms with Crippen LogP contribution in [0.3, 0.4) is 0 Å². The van der Waals surface area contributed by atoms with E-state index in [1.807, 2.05) is 0 Å². The van der Waals surface area contributed by atoms with Gasteiger partial charge in [0.2, 0.25) is 0 Å². The lowest BCUT2D eigenvalue weighted by Crippen LogP contribution is -2.45. The zero-order valence-electron chi connectivity index (χ0n) is 16.2. The molecule has 0 saturated heterocycles. The number of hydrogen-bond acceptors (Lipinski definition) is 8. The second-order valence-corrected chi connectivity index (χ2v) is 7.48. The van der Waals surface area contributed by atoms with E-state index in [2.05, 4.69) is 4.98 Å². The number of nitrogens with zero attached hydrogens (tertiary/aromatic N) is 3. The average molecular weight is 421 g/mol. The minimum absolute atomic E-state index is 0.0952. The third-order valence-electron chi connectivity index (χ3n) is 6.03. The van der Waals surface area contributed by atoms with E-state index in [1.165, 1.54) is 6.92 Å². The van der Waals surface area contributed by atoms with Crippen LogP contribution in [-0.4, -0.2) is 31.8 Å². The van der Waals surface area contributed by atoms with Crippen molar-refractivity contribution in [2.45, 2.75) is 32.1 Å². The van der Waals surface area contributed by atoms with Gasteiger partial charge in [0.25, 0.3) is 5.56 Å². The number of carbonyl (C=O) groups is 2. The topological polar surface area (TPSA) is 142 Å². The molecular weight excluding hydrogens is 406 g/mol. The van der Waals surface area contributed by atoms with Crippen molar-refractivity contribution < 1.29 is 24.4 Å². The van der Waals surface area contributed by atoms with Crippen LogP contribution in [0.4, 0.5) is 5.69 Å². The molecule has 0 aliphatic carbocycles. The molecule has 0 saturated carbocycles. The lowest BCUT2D eigenvalue weighted by Gasteiger charge is -2.31. The summed E-state index contributed by atoms with van der Waals surface area (Å²) in [6, 6.07) is 6.82. The van der Waals surface area contributed by atoms with E-state index in [-0.39, 0.29) is 41.0 Å². The van der Waals surface area contributed by atoms with Gasteiger partial charge in [0.15, 0.2) is 11.9 Å². The van der Waals surface area contributed by atoms with Crippen molar-refractivity contribution in [2.24, 2.45) is 0 Å². The summed E-state index contributed by atoms with van der Waals surface area (Å²) in [5, 5.41) is 23.8. The first kappa shape index (κ1) is 19.1. The smallest absolute Gasteiger partial charge is 0.343 e. The van der Waals surface area contributed by atoms with Crippen molar-refractivity contribution >= 4 is 28.8 Å². The van der Waals surface area contributed by atoms with Gasteiger partial charge in [0, 0.05) is 16.5 Å². The molecule has 2 aliphatic heterocycles. The van der Waals surface area contributed by atoms with Crippen LogP contribution in [-0.2, 0) is 28.3 Å². The fourth-order valence-corrected chi connectivity index (χ4v) is 4.51. The number of rotatable bonds is 3. The summed E-state index contributed by atoms with van der Waals surface area (Å²) in [5.41, 5.74) is -2.96. The summed E-state index contributed by atoms with van der Waals surface area (Å²) >= 11 is 0. The van der Waals surface area contributed by atoms with E-state index in [0.29, 0.717) is 22.8 Å². The Kier molecular flexibility index (Phi) is 3.87. The predicted molar refractivity (Wildman–Crippen MR) is 107 cm³/mol. The Morgan fingerprint density at radius 1 is 1.32 bits per heavy atom. The fraction of sp³-hybridized carbons (Fsp3) is 0.238. The van der Waals surface area contributed by atoms with Gasteiger partial charge in [0.05, 0.1) is 28.1 Å². The zero-order valence-corrected chi connectivity index (χ0v) is 16.2. The summed E-state index contributed by atoms with van der Waals surface area (Å²) in [6.07, 6.45) is 0.417. The molecule has 156 valence electrons. The number of ether oxygens (including phenoxy) is 1. The van der Waals surface area contributed by atoms with Gasteiger partial charge in [-0.2, -0.15) is 0 Å². The number of pyridine rings is 2. The molecule has 2 aliphatic rings. The Balaban J connectivity index is 1.98. The van der Waals surface area contributed by atoms with Gasteiger partial charge in [-0.25, -0.2) is 9.78 Å². The molecule has 10 heteroatoms. The van der Waals surface area contributed by atoms with Crippen molar-refractivity contribution in [1.82, 2.24) is 9.55 Å². The van der Waals surface area contributed by atoms with Crippen LogP contribution in [0.2, 0.25) is 0 Å². The lowest BCUT2D eigenvalue weighted by molar-refractivity contribution is -0.386. The first-order chi connectivity index (χ1) is 14.8. The Labute approximate surface area is 173 Å². The number of fused-ring (bicyclic) bond motifs is 5. The van der Waals surface area contributed by atoms with Gasteiger partial charge in [-0.1, -0.05) is 25.1 Å². The third-order valence-corrected chi connectivity index (χ3v) is 6.03. The lowest BCUT2D eigenvalue weighted by atomic mass is 9.84. The molecule has 1 unspecified atom stereocenters. The van der Waals surface area contributed by atoms with Gasteiger partial charge in [0.1, 0.15) is 18.0 Å². The first-order valence-corrected chi connectivity index (χ1v) is 9.54. The molecule has 1 atom stereocenters. The minimum Gasteiger partial charge on any atom is -0.458 e. The number of cyclic esters (lactones) is 1. The van der Waals surface area contributed by atoms with E-state index in [9.17, 15) is 29.6 Å². The highest BCUT2D eigenvalue weighted by Gasteiger charge is 2.52. The van der Waals surface area contributed by atoms with E-state index in [1.54, 1.807) is 24.3 Å². The summed E-state index contributed by atoms with van der Waals surface area (Å²) in [5.74, 6) is -1.05. The second-order valence-electron chi connectivity index (χ2n) is 7.48. The van der Waals surface area contributed by atoms with Gasteiger partial charge < -0.3 is 9.84 Å². The van der Waals surface area contributed by atoms with E-state index in [4.69, 9.17) is 4.74 Å². The van der Waals surface area contributed by atoms with E-state index in [0.717, 1.165) is 4.57 Å². The van der Waals surface area contributed by atoms with Crippen molar-refractivity contribution in [3.8, 4) is 11.4 Å². The van der Waals surface area contributed by atoms with Crippen LogP contribution in [0.5, 0.6) is 0 Å². The number of aromatic nitrogens is 2. The second kappa shape index (κ2) is 6.29. The van der Waals surface area contributed by atoms with Crippen molar-refractivity contribution in [3.63, 3.8) is 0 Å². The zero-order chi connectivity index (χ0) is 22.1.